The Morgan fingerprint density at radius 1 is 1.06 bits per heavy atom. The number of piperazine rings is 1. The van der Waals surface area contributed by atoms with Gasteiger partial charge >= 0.3 is 0 Å². The summed E-state index contributed by atoms with van der Waals surface area (Å²) in [5.74, 6) is -0.101. The highest BCUT2D eigenvalue weighted by Crippen LogP contribution is 2.38. The van der Waals surface area contributed by atoms with E-state index in [4.69, 9.17) is 23.2 Å². The number of aliphatic hydroxyl groups is 1. The summed E-state index contributed by atoms with van der Waals surface area (Å²) >= 11 is 12.1. The first-order valence-electron chi connectivity index (χ1n) is 9.76. The quantitative estimate of drug-likeness (QED) is 0.598. The summed E-state index contributed by atoms with van der Waals surface area (Å²) in [6, 6.07) is 11.9. The number of likely N-dealkylation sites (N-methyl/N-ethyl adjacent to an activating group) is 1. The van der Waals surface area contributed by atoms with Crippen molar-refractivity contribution in [2.75, 3.05) is 38.1 Å². The number of carbonyl (C=O) groups is 1. The standard InChI is InChI=1S/C21H22Cl2N4O4/c1-24-17-7-6-15(23)12-16(17)18(19(21(24)29)27(30)31)25-8-10-26(11-9-25)20(28)13-2-4-14(22)5-3-13/h2-7,12,21,27,29-30H,8-11H2,1H3. The minimum atomic E-state index is -1.30. The third-order valence-electron chi connectivity index (χ3n) is 5.68. The maximum absolute atomic E-state index is 12.8. The number of halogens is 2. The smallest absolute Gasteiger partial charge is 0.253 e. The average molecular weight is 465 g/mol. The lowest BCUT2D eigenvalue weighted by molar-refractivity contribution is -1.02. The van der Waals surface area contributed by atoms with E-state index >= 15 is 0 Å². The van der Waals surface area contributed by atoms with Crippen LogP contribution < -0.4 is 10.1 Å². The first-order valence-corrected chi connectivity index (χ1v) is 10.5. The van der Waals surface area contributed by atoms with E-state index < -0.39 is 11.5 Å². The number of hydrogen-bond acceptors (Lipinski definition) is 6. The van der Waals surface area contributed by atoms with E-state index in [0.717, 1.165) is 0 Å². The molecule has 4 rings (SSSR count). The number of fused-ring (bicyclic) bond motifs is 1. The Bertz CT molecular complexity index is 1020. The molecule has 164 valence electrons. The number of nitrogens with one attached hydrogen (secondary N) is 1. The second kappa shape index (κ2) is 8.66. The molecular weight excluding hydrogens is 443 g/mol. The van der Waals surface area contributed by atoms with E-state index in [0.29, 0.717) is 58.7 Å². The molecule has 2 aliphatic rings. The predicted molar refractivity (Wildman–Crippen MR) is 118 cm³/mol. The van der Waals surface area contributed by atoms with E-state index in [1.165, 1.54) is 4.90 Å². The van der Waals surface area contributed by atoms with Crippen molar-refractivity contribution in [2.24, 2.45) is 0 Å². The van der Waals surface area contributed by atoms with Gasteiger partial charge in [-0.3, -0.25) is 4.79 Å². The van der Waals surface area contributed by atoms with Crippen molar-refractivity contribution in [3.8, 4) is 0 Å². The number of amides is 1. The summed E-state index contributed by atoms with van der Waals surface area (Å²) in [5.41, 5.74) is 2.23. The van der Waals surface area contributed by atoms with Crippen LogP contribution in [0.5, 0.6) is 0 Å². The molecule has 1 amide bonds. The second-order valence-electron chi connectivity index (χ2n) is 7.50. The van der Waals surface area contributed by atoms with E-state index in [2.05, 4.69) is 0 Å². The van der Waals surface area contributed by atoms with Gasteiger partial charge in [-0.05, 0) is 42.5 Å². The molecule has 2 aliphatic heterocycles. The monoisotopic (exact) mass is 464 g/mol. The van der Waals surface area contributed by atoms with Crippen LogP contribution in [0.25, 0.3) is 5.70 Å². The Labute approximate surface area is 189 Å². The van der Waals surface area contributed by atoms with Gasteiger partial charge in [0.25, 0.3) is 5.91 Å². The Kier molecular flexibility index (Phi) is 6.11. The number of carbonyl (C=O) groups excluding carboxylic acids is 1. The third kappa shape index (κ3) is 4.10. The number of benzene rings is 2. The van der Waals surface area contributed by atoms with Crippen LogP contribution in [0.1, 0.15) is 15.9 Å². The minimum Gasteiger partial charge on any atom is -0.595 e. The molecule has 2 aromatic carbocycles. The first-order chi connectivity index (χ1) is 14.8. The van der Waals surface area contributed by atoms with Gasteiger partial charge in [0.15, 0.2) is 0 Å². The van der Waals surface area contributed by atoms with Crippen molar-refractivity contribution in [2.45, 2.75) is 6.23 Å². The lowest BCUT2D eigenvalue weighted by Gasteiger charge is -2.43. The molecule has 3 N–H and O–H groups in total. The molecule has 2 unspecified atom stereocenters. The second-order valence-corrected chi connectivity index (χ2v) is 8.37. The van der Waals surface area contributed by atoms with Crippen molar-refractivity contribution in [1.29, 1.82) is 0 Å². The Hall–Kier alpha value is -2.33. The molecule has 31 heavy (non-hydrogen) atoms. The van der Waals surface area contributed by atoms with Gasteiger partial charge in [0, 0.05) is 60.1 Å². The molecule has 0 spiro atoms. The normalized spacial score (nSPS) is 20.1. The van der Waals surface area contributed by atoms with Gasteiger partial charge in [0.1, 0.15) is 5.70 Å². The van der Waals surface area contributed by atoms with E-state index in [1.54, 1.807) is 54.4 Å². The molecule has 0 radical (unpaired) electrons. The van der Waals surface area contributed by atoms with Crippen LogP contribution in [-0.2, 0) is 0 Å². The van der Waals surface area contributed by atoms with E-state index in [-0.39, 0.29) is 11.6 Å². The fourth-order valence-corrected chi connectivity index (χ4v) is 4.36. The van der Waals surface area contributed by atoms with Crippen LogP contribution >= 0.6 is 23.2 Å². The first kappa shape index (κ1) is 21.9. The molecule has 1 saturated heterocycles. The molecule has 0 aromatic heterocycles. The molecule has 2 atom stereocenters. The molecule has 10 heteroatoms. The third-order valence-corrected chi connectivity index (χ3v) is 6.17. The van der Waals surface area contributed by atoms with Crippen LogP contribution in [0.2, 0.25) is 10.0 Å². The van der Waals surface area contributed by atoms with E-state index in [9.17, 15) is 20.3 Å². The van der Waals surface area contributed by atoms with Crippen molar-refractivity contribution >= 4 is 40.5 Å². The molecule has 1 fully saturated rings. The number of aliphatic hydroxyl groups excluding tert-OH is 1. The molecule has 8 nitrogen and oxygen atoms in total. The number of anilines is 1. The number of hydrogen-bond donors (Lipinski definition) is 3. The SMILES string of the molecule is CN1c2ccc(Cl)cc2C(N2CCN(C(=O)c3ccc(Cl)cc3)CC2)=C([NH+]([O-])O)C1O. The van der Waals surface area contributed by atoms with Crippen LogP contribution in [0.4, 0.5) is 5.69 Å². The zero-order valence-corrected chi connectivity index (χ0v) is 18.3. The maximum atomic E-state index is 12.8. The Morgan fingerprint density at radius 2 is 1.68 bits per heavy atom. The highest BCUT2D eigenvalue weighted by molar-refractivity contribution is 6.31. The lowest BCUT2D eigenvalue weighted by Crippen LogP contribution is -3.04. The lowest BCUT2D eigenvalue weighted by atomic mass is 9.99. The summed E-state index contributed by atoms with van der Waals surface area (Å²) in [6.45, 7) is 1.68. The van der Waals surface area contributed by atoms with Gasteiger partial charge in [-0.15, -0.1) is 0 Å². The molecule has 0 saturated carbocycles. The number of nitrogens with zero attached hydrogens (tertiary/aromatic N) is 3. The molecule has 2 aromatic rings. The summed E-state index contributed by atoms with van der Waals surface area (Å²) in [7, 11) is 1.64. The van der Waals surface area contributed by atoms with Gasteiger partial charge < -0.3 is 25.0 Å². The number of hydroxylamine groups is 2. The van der Waals surface area contributed by atoms with Gasteiger partial charge in [-0.25, -0.2) is 5.21 Å². The Balaban J connectivity index is 1.62. The molecule has 2 heterocycles. The van der Waals surface area contributed by atoms with Crippen LogP contribution in [0.3, 0.4) is 0 Å². The molecule has 0 aliphatic carbocycles. The maximum Gasteiger partial charge on any atom is 0.253 e. The van der Waals surface area contributed by atoms with Crippen LogP contribution in [0, 0.1) is 5.21 Å². The molecule has 0 bridgehead atoms. The highest BCUT2D eigenvalue weighted by atomic mass is 35.5. The average Bonchev–Trinajstić information content (AvgIpc) is 2.76. The summed E-state index contributed by atoms with van der Waals surface area (Å²) in [5, 5.41) is 32.4. The Morgan fingerprint density at radius 3 is 2.29 bits per heavy atom. The van der Waals surface area contributed by atoms with E-state index in [1.807, 2.05) is 4.90 Å². The van der Waals surface area contributed by atoms with Gasteiger partial charge in [0.05, 0.1) is 0 Å². The van der Waals surface area contributed by atoms with Crippen molar-refractivity contribution in [1.82, 2.24) is 9.80 Å². The van der Waals surface area contributed by atoms with Crippen LogP contribution in [0.15, 0.2) is 48.2 Å². The van der Waals surface area contributed by atoms with Crippen molar-refractivity contribution in [3.05, 3.63) is 74.5 Å². The summed E-state index contributed by atoms with van der Waals surface area (Å²) in [4.78, 5) is 17.9. The zero-order chi connectivity index (χ0) is 22.3. The van der Waals surface area contributed by atoms with Crippen LogP contribution in [-0.4, -0.2) is 65.5 Å². The fraction of sp³-hybridized carbons (Fsp3) is 0.286. The number of rotatable bonds is 3. The highest BCUT2D eigenvalue weighted by Gasteiger charge is 2.38. The summed E-state index contributed by atoms with van der Waals surface area (Å²) < 4.78 is 0. The molecular formula is C21H22Cl2N4O4. The summed E-state index contributed by atoms with van der Waals surface area (Å²) in [6.07, 6.45) is -1.30. The minimum absolute atomic E-state index is 0.101. The number of quaternary nitrogens is 1. The van der Waals surface area contributed by atoms with Gasteiger partial charge in [-0.1, -0.05) is 23.2 Å². The largest absolute Gasteiger partial charge is 0.595 e. The zero-order valence-electron chi connectivity index (χ0n) is 16.8. The van der Waals surface area contributed by atoms with Crippen molar-refractivity contribution in [3.63, 3.8) is 0 Å². The van der Waals surface area contributed by atoms with Gasteiger partial charge in [0.2, 0.25) is 11.9 Å². The predicted octanol–water partition coefficient (Wildman–Crippen LogP) is 1.66. The van der Waals surface area contributed by atoms with Crippen molar-refractivity contribution < 1.29 is 20.3 Å². The van der Waals surface area contributed by atoms with Gasteiger partial charge in [-0.2, -0.15) is 5.23 Å². The fourth-order valence-electron chi connectivity index (χ4n) is 4.06. The topological polar surface area (TPSA) is 94.8 Å².